The van der Waals surface area contributed by atoms with Gasteiger partial charge < -0.3 is 4.74 Å². The van der Waals surface area contributed by atoms with E-state index in [-0.39, 0.29) is 5.78 Å². The zero-order valence-electron chi connectivity index (χ0n) is 10.9. The van der Waals surface area contributed by atoms with Crippen LogP contribution in [0.4, 0.5) is 0 Å². The molecule has 0 radical (unpaired) electrons. The van der Waals surface area contributed by atoms with E-state index in [4.69, 9.17) is 16.3 Å². The van der Waals surface area contributed by atoms with Crippen LogP contribution in [0.3, 0.4) is 0 Å². The van der Waals surface area contributed by atoms with Gasteiger partial charge in [-0.15, -0.1) is 11.6 Å². The minimum absolute atomic E-state index is 0.000713. The third kappa shape index (κ3) is 2.66. The number of ketones is 1. The van der Waals surface area contributed by atoms with Crippen molar-refractivity contribution in [3.63, 3.8) is 0 Å². The second kappa shape index (κ2) is 5.74. The predicted octanol–water partition coefficient (Wildman–Crippen LogP) is 2.88. The lowest BCUT2D eigenvalue weighted by Crippen LogP contribution is -2.38. The minimum Gasteiger partial charge on any atom is -0.468 e. The van der Waals surface area contributed by atoms with Gasteiger partial charge in [0.2, 0.25) is 0 Å². The number of benzene rings is 1. The molecule has 1 aromatic rings. The van der Waals surface area contributed by atoms with E-state index in [2.05, 4.69) is 0 Å². The van der Waals surface area contributed by atoms with Crippen molar-refractivity contribution in [1.29, 1.82) is 0 Å². The van der Waals surface area contributed by atoms with Crippen LogP contribution in [0.25, 0.3) is 0 Å². The van der Waals surface area contributed by atoms with Gasteiger partial charge in [0, 0.05) is 12.3 Å². The molecule has 2 rings (SSSR count). The molecular weight excluding hydrogens is 264 g/mol. The third-order valence-corrected chi connectivity index (χ3v) is 4.11. The number of Topliss-reactive ketones (excluding diaryl/α,β-unsaturated/α-hetero) is 1. The first-order chi connectivity index (χ1) is 9.12. The van der Waals surface area contributed by atoms with Crippen LogP contribution in [0.2, 0.25) is 0 Å². The van der Waals surface area contributed by atoms with E-state index in [0.717, 1.165) is 17.5 Å². The van der Waals surface area contributed by atoms with Crippen LogP contribution in [0.15, 0.2) is 24.3 Å². The molecule has 1 aliphatic carbocycles. The van der Waals surface area contributed by atoms with Gasteiger partial charge in [-0.05, 0) is 30.4 Å². The van der Waals surface area contributed by atoms with E-state index in [1.165, 1.54) is 7.11 Å². The maximum absolute atomic E-state index is 12.1. The van der Waals surface area contributed by atoms with Crippen molar-refractivity contribution < 1.29 is 14.3 Å². The molecule has 4 heteroatoms. The molecule has 102 valence electrons. The van der Waals surface area contributed by atoms with E-state index >= 15 is 0 Å². The number of rotatable bonds is 4. The number of alkyl halides is 1. The number of ether oxygens (including phenoxy) is 1. The van der Waals surface area contributed by atoms with Gasteiger partial charge in [0.1, 0.15) is 5.41 Å². The number of hydrogen-bond acceptors (Lipinski definition) is 3. The van der Waals surface area contributed by atoms with Crippen LogP contribution in [0.5, 0.6) is 0 Å². The van der Waals surface area contributed by atoms with Crippen molar-refractivity contribution in [2.24, 2.45) is 5.41 Å². The van der Waals surface area contributed by atoms with Crippen molar-refractivity contribution in [2.75, 3.05) is 7.11 Å². The molecule has 0 heterocycles. The van der Waals surface area contributed by atoms with Gasteiger partial charge in [0.15, 0.2) is 5.78 Å². The number of carbonyl (C=O) groups is 2. The summed E-state index contributed by atoms with van der Waals surface area (Å²) in [5.41, 5.74) is 1.02. The quantitative estimate of drug-likeness (QED) is 0.484. The molecule has 1 unspecified atom stereocenters. The Labute approximate surface area is 117 Å². The summed E-state index contributed by atoms with van der Waals surface area (Å²) in [6.07, 6.45) is 2.22. The Hall–Kier alpha value is -1.35. The van der Waals surface area contributed by atoms with Gasteiger partial charge in [-0.1, -0.05) is 24.3 Å². The molecule has 1 saturated carbocycles. The predicted molar refractivity (Wildman–Crippen MR) is 73.0 cm³/mol. The second-order valence-corrected chi connectivity index (χ2v) is 5.24. The summed E-state index contributed by atoms with van der Waals surface area (Å²) in [5, 5.41) is 0. The van der Waals surface area contributed by atoms with Crippen LogP contribution in [0, 0.1) is 5.41 Å². The lowest BCUT2D eigenvalue weighted by atomic mass is 9.79. The van der Waals surface area contributed by atoms with Gasteiger partial charge >= 0.3 is 5.97 Å². The smallest absolute Gasteiger partial charge is 0.319 e. The van der Waals surface area contributed by atoms with Crippen LogP contribution >= 0.6 is 11.6 Å². The largest absolute Gasteiger partial charge is 0.468 e. The zero-order chi connectivity index (χ0) is 13.9. The summed E-state index contributed by atoms with van der Waals surface area (Å²) in [6, 6.07) is 7.70. The number of esters is 1. The highest BCUT2D eigenvalue weighted by Gasteiger charge is 2.49. The van der Waals surface area contributed by atoms with Gasteiger partial charge in [0.25, 0.3) is 0 Å². The van der Waals surface area contributed by atoms with Crippen molar-refractivity contribution in [1.82, 2.24) is 0 Å². The number of halogens is 1. The van der Waals surface area contributed by atoms with Gasteiger partial charge in [-0.3, -0.25) is 9.59 Å². The molecule has 3 nitrogen and oxygen atoms in total. The third-order valence-electron chi connectivity index (χ3n) is 3.80. The van der Waals surface area contributed by atoms with E-state index in [1.54, 1.807) is 0 Å². The Kier molecular flexibility index (Phi) is 4.25. The molecule has 0 bridgehead atoms. The Morgan fingerprint density at radius 3 is 2.42 bits per heavy atom. The molecule has 0 saturated heterocycles. The Morgan fingerprint density at radius 1 is 1.32 bits per heavy atom. The van der Waals surface area contributed by atoms with Crippen molar-refractivity contribution in [2.45, 2.75) is 31.6 Å². The summed E-state index contributed by atoms with van der Waals surface area (Å²) in [6.45, 7) is 0. The molecule has 0 N–H and O–H groups in total. The van der Waals surface area contributed by atoms with Crippen molar-refractivity contribution >= 4 is 23.4 Å². The maximum atomic E-state index is 12.1. The van der Waals surface area contributed by atoms with Crippen LogP contribution in [0.1, 0.15) is 30.4 Å². The molecule has 1 aliphatic rings. The zero-order valence-corrected chi connectivity index (χ0v) is 11.7. The number of carbonyl (C=O) groups excluding carboxylic acids is 2. The van der Waals surface area contributed by atoms with E-state index in [9.17, 15) is 9.59 Å². The lowest BCUT2D eigenvalue weighted by Gasteiger charge is -2.24. The topological polar surface area (TPSA) is 43.4 Å². The first-order valence-electron chi connectivity index (χ1n) is 6.38. The second-order valence-electron chi connectivity index (χ2n) is 4.98. The molecule has 19 heavy (non-hydrogen) atoms. The summed E-state index contributed by atoms with van der Waals surface area (Å²) in [7, 11) is 1.34. The monoisotopic (exact) mass is 280 g/mol. The highest BCUT2D eigenvalue weighted by Crippen LogP contribution is 2.39. The average molecular weight is 281 g/mol. The van der Waals surface area contributed by atoms with Gasteiger partial charge in [-0.25, -0.2) is 0 Å². The summed E-state index contributed by atoms with van der Waals surface area (Å²) in [4.78, 5) is 24.1. The summed E-state index contributed by atoms with van der Waals surface area (Å²) in [5.74, 6) is 0.0543. The SMILES string of the molecule is COC(=O)C1(Cc2ccc(CCl)cc2)CCCC1=O. The fourth-order valence-corrected chi connectivity index (χ4v) is 2.87. The molecule has 0 aliphatic heterocycles. The van der Waals surface area contributed by atoms with Crippen LogP contribution in [-0.4, -0.2) is 18.9 Å². The van der Waals surface area contributed by atoms with Crippen molar-refractivity contribution in [3.8, 4) is 0 Å². The number of methoxy groups -OCH3 is 1. The van der Waals surface area contributed by atoms with Crippen LogP contribution < -0.4 is 0 Å². The maximum Gasteiger partial charge on any atom is 0.319 e. The highest BCUT2D eigenvalue weighted by atomic mass is 35.5. The number of hydrogen-bond donors (Lipinski definition) is 0. The lowest BCUT2D eigenvalue weighted by molar-refractivity contribution is -0.156. The molecule has 1 aromatic carbocycles. The highest BCUT2D eigenvalue weighted by molar-refractivity contribution is 6.17. The first-order valence-corrected chi connectivity index (χ1v) is 6.91. The normalized spacial score (nSPS) is 22.5. The molecular formula is C15H17ClO3. The van der Waals surface area contributed by atoms with E-state index in [0.29, 0.717) is 25.1 Å². The fourth-order valence-electron chi connectivity index (χ4n) is 2.69. The van der Waals surface area contributed by atoms with Crippen molar-refractivity contribution in [3.05, 3.63) is 35.4 Å². The fraction of sp³-hybridized carbons (Fsp3) is 0.467. The molecule has 1 fully saturated rings. The summed E-state index contributed by atoms with van der Waals surface area (Å²) >= 11 is 5.74. The van der Waals surface area contributed by atoms with Gasteiger partial charge in [-0.2, -0.15) is 0 Å². The summed E-state index contributed by atoms with van der Waals surface area (Å²) < 4.78 is 4.84. The Balaban J connectivity index is 2.25. The molecule has 1 atom stereocenters. The molecule has 0 aromatic heterocycles. The van der Waals surface area contributed by atoms with Gasteiger partial charge in [0.05, 0.1) is 7.11 Å². The Bertz CT molecular complexity index is 481. The molecule has 0 spiro atoms. The van der Waals surface area contributed by atoms with Crippen LogP contribution in [-0.2, 0) is 26.6 Å². The van der Waals surface area contributed by atoms with E-state index in [1.807, 2.05) is 24.3 Å². The minimum atomic E-state index is -0.975. The molecule has 0 amide bonds. The first kappa shape index (κ1) is 14.1. The van der Waals surface area contributed by atoms with E-state index < -0.39 is 11.4 Å². The average Bonchev–Trinajstić information content (AvgIpc) is 2.81. The Morgan fingerprint density at radius 2 is 1.95 bits per heavy atom. The standard InChI is InChI=1S/C15H17ClO3/c1-19-14(18)15(8-2-3-13(15)17)9-11-4-6-12(10-16)7-5-11/h4-7H,2-3,8-10H2,1H3.